The Bertz CT molecular complexity index is 563. The van der Waals surface area contributed by atoms with Gasteiger partial charge < -0.3 is 20.5 Å². The molecule has 0 radical (unpaired) electrons. The number of rotatable bonds is 5. The van der Waals surface area contributed by atoms with Crippen LogP contribution in [0.3, 0.4) is 0 Å². The molecule has 0 aliphatic carbocycles. The Kier molecular flexibility index (Phi) is 5.19. The van der Waals surface area contributed by atoms with Gasteiger partial charge in [-0.25, -0.2) is 0 Å². The Balaban J connectivity index is 2.10. The Morgan fingerprint density at radius 2 is 2.09 bits per heavy atom. The molecule has 122 valence electrons. The van der Waals surface area contributed by atoms with Crippen molar-refractivity contribution in [3.8, 4) is 11.5 Å². The summed E-state index contributed by atoms with van der Waals surface area (Å²) < 4.78 is 11.0. The van der Waals surface area contributed by atoms with E-state index in [0.29, 0.717) is 36.3 Å². The predicted molar refractivity (Wildman–Crippen MR) is 86.6 cm³/mol. The summed E-state index contributed by atoms with van der Waals surface area (Å²) in [6.07, 6.45) is 0.221. The third-order valence-electron chi connectivity index (χ3n) is 4.14. The van der Waals surface area contributed by atoms with Gasteiger partial charge in [0.2, 0.25) is 5.91 Å². The molecule has 1 aromatic carbocycles. The lowest BCUT2D eigenvalue weighted by molar-refractivity contribution is -0.122. The van der Waals surface area contributed by atoms with Crippen LogP contribution in [0.25, 0.3) is 0 Å². The minimum atomic E-state index is -0.422. The highest BCUT2D eigenvalue weighted by atomic mass is 35.5. The van der Waals surface area contributed by atoms with Gasteiger partial charge in [0.1, 0.15) is 13.2 Å². The highest BCUT2D eigenvalue weighted by Crippen LogP contribution is 2.38. The smallest absolute Gasteiger partial charge is 0.224 e. The van der Waals surface area contributed by atoms with Gasteiger partial charge >= 0.3 is 0 Å². The summed E-state index contributed by atoms with van der Waals surface area (Å²) in [5, 5.41) is 3.47. The van der Waals surface area contributed by atoms with Crippen LogP contribution < -0.4 is 20.5 Å². The molecule has 1 unspecified atom stereocenters. The summed E-state index contributed by atoms with van der Waals surface area (Å²) in [6, 6.07) is 3.54. The van der Waals surface area contributed by atoms with E-state index in [0.717, 1.165) is 5.56 Å². The molecule has 1 heterocycles. The van der Waals surface area contributed by atoms with Gasteiger partial charge in [-0.2, -0.15) is 0 Å². The van der Waals surface area contributed by atoms with Crippen LogP contribution in [-0.2, 0) is 11.2 Å². The molecule has 6 heteroatoms. The number of hydrogen-bond acceptors (Lipinski definition) is 4. The molecule has 0 saturated carbocycles. The first kappa shape index (κ1) is 16.9. The van der Waals surface area contributed by atoms with E-state index in [-0.39, 0.29) is 18.2 Å². The van der Waals surface area contributed by atoms with Crippen molar-refractivity contribution in [3.05, 3.63) is 22.7 Å². The van der Waals surface area contributed by atoms with E-state index >= 15 is 0 Å². The Hall–Kier alpha value is -1.46. The van der Waals surface area contributed by atoms with Gasteiger partial charge in [0.05, 0.1) is 17.0 Å². The summed E-state index contributed by atoms with van der Waals surface area (Å²) in [4.78, 5) is 12.3. The number of fused-ring (bicyclic) bond motifs is 1. The molecule has 0 spiro atoms. The summed E-state index contributed by atoms with van der Waals surface area (Å²) in [7, 11) is 0. The minimum absolute atomic E-state index is 0.0885. The summed E-state index contributed by atoms with van der Waals surface area (Å²) >= 11 is 6.18. The zero-order valence-electron chi connectivity index (χ0n) is 13.2. The van der Waals surface area contributed by atoms with Crippen molar-refractivity contribution in [2.24, 2.45) is 11.7 Å². The monoisotopic (exact) mass is 326 g/mol. The number of nitrogens with two attached hydrogens (primary N) is 1. The minimum Gasteiger partial charge on any atom is -0.486 e. The van der Waals surface area contributed by atoms with Crippen LogP contribution in [-0.4, -0.2) is 31.2 Å². The number of carbonyl (C=O) groups excluding carboxylic acids is 1. The van der Waals surface area contributed by atoms with E-state index < -0.39 is 5.54 Å². The van der Waals surface area contributed by atoms with Gasteiger partial charge in [0.25, 0.3) is 0 Å². The molecule has 0 aromatic heterocycles. The van der Waals surface area contributed by atoms with Crippen molar-refractivity contribution in [1.29, 1.82) is 0 Å². The van der Waals surface area contributed by atoms with Crippen LogP contribution in [0.2, 0.25) is 5.02 Å². The summed E-state index contributed by atoms with van der Waals surface area (Å²) in [5.41, 5.74) is 6.16. The molecule has 1 aromatic rings. The molecular formula is C16H23ClN2O3. The number of halogens is 1. The number of ether oxygens (including phenoxy) is 2. The Morgan fingerprint density at radius 3 is 2.73 bits per heavy atom. The molecule has 0 bridgehead atoms. The van der Waals surface area contributed by atoms with Crippen LogP contribution in [0.4, 0.5) is 0 Å². The lowest BCUT2D eigenvalue weighted by Crippen LogP contribution is -2.55. The molecular weight excluding hydrogens is 304 g/mol. The standard InChI is InChI=1S/C16H23ClN2O3/c1-10(2)16(3,9-18)19-14(20)8-11-6-12(17)15-13(7-11)21-4-5-22-15/h6-7,10H,4-5,8-9,18H2,1-3H3,(H,19,20). The molecule has 2 rings (SSSR count). The second-order valence-electron chi connectivity index (χ2n) is 6.10. The molecule has 1 aliphatic rings. The molecule has 5 nitrogen and oxygen atoms in total. The van der Waals surface area contributed by atoms with Gasteiger partial charge in [-0.15, -0.1) is 0 Å². The molecule has 1 atom stereocenters. The summed E-state index contributed by atoms with van der Waals surface area (Å²) in [5.74, 6) is 1.29. The van der Waals surface area contributed by atoms with Crippen molar-refractivity contribution in [2.45, 2.75) is 32.7 Å². The fourth-order valence-electron chi connectivity index (χ4n) is 2.25. The first-order valence-electron chi connectivity index (χ1n) is 7.45. The third kappa shape index (κ3) is 3.65. The van der Waals surface area contributed by atoms with E-state index in [1.807, 2.05) is 20.8 Å². The number of nitrogens with one attached hydrogen (secondary N) is 1. The lowest BCUT2D eigenvalue weighted by Gasteiger charge is -2.33. The van der Waals surface area contributed by atoms with E-state index in [2.05, 4.69) is 5.32 Å². The molecule has 0 saturated heterocycles. The van der Waals surface area contributed by atoms with Crippen molar-refractivity contribution >= 4 is 17.5 Å². The van der Waals surface area contributed by atoms with E-state index in [9.17, 15) is 4.79 Å². The van der Waals surface area contributed by atoms with Crippen molar-refractivity contribution in [3.63, 3.8) is 0 Å². The maximum Gasteiger partial charge on any atom is 0.224 e. The fraction of sp³-hybridized carbons (Fsp3) is 0.562. The second-order valence-corrected chi connectivity index (χ2v) is 6.51. The van der Waals surface area contributed by atoms with Crippen molar-refractivity contribution in [2.75, 3.05) is 19.8 Å². The Morgan fingerprint density at radius 1 is 1.41 bits per heavy atom. The van der Waals surface area contributed by atoms with Gasteiger partial charge in [0, 0.05) is 6.54 Å². The number of benzene rings is 1. The number of hydrogen-bond donors (Lipinski definition) is 2. The first-order chi connectivity index (χ1) is 10.4. The number of carbonyl (C=O) groups is 1. The van der Waals surface area contributed by atoms with Crippen LogP contribution in [0, 0.1) is 5.92 Å². The molecule has 1 aliphatic heterocycles. The van der Waals surface area contributed by atoms with Gasteiger partial charge in [-0.05, 0) is 30.5 Å². The SMILES string of the molecule is CC(C)C(C)(CN)NC(=O)Cc1cc(Cl)c2c(c1)OCCO2. The van der Waals surface area contributed by atoms with Crippen LogP contribution in [0.1, 0.15) is 26.3 Å². The third-order valence-corrected chi connectivity index (χ3v) is 4.43. The zero-order chi connectivity index (χ0) is 16.3. The lowest BCUT2D eigenvalue weighted by atomic mass is 9.88. The predicted octanol–water partition coefficient (Wildman–Crippen LogP) is 2.14. The van der Waals surface area contributed by atoms with E-state index in [1.165, 1.54) is 0 Å². The Labute approximate surface area is 136 Å². The number of amides is 1. The van der Waals surface area contributed by atoms with E-state index in [4.69, 9.17) is 26.8 Å². The average Bonchev–Trinajstić information content (AvgIpc) is 2.46. The first-order valence-corrected chi connectivity index (χ1v) is 7.82. The van der Waals surface area contributed by atoms with Crippen molar-refractivity contribution < 1.29 is 14.3 Å². The van der Waals surface area contributed by atoms with Crippen molar-refractivity contribution in [1.82, 2.24) is 5.32 Å². The molecule has 1 amide bonds. The quantitative estimate of drug-likeness (QED) is 0.869. The highest BCUT2D eigenvalue weighted by Gasteiger charge is 2.28. The largest absolute Gasteiger partial charge is 0.486 e. The second kappa shape index (κ2) is 6.75. The maximum absolute atomic E-state index is 12.3. The van der Waals surface area contributed by atoms with Crippen LogP contribution in [0.15, 0.2) is 12.1 Å². The van der Waals surface area contributed by atoms with Gasteiger partial charge in [0.15, 0.2) is 11.5 Å². The fourth-order valence-corrected chi connectivity index (χ4v) is 2.53. The van der Waals surface area contributed by atoms with E-state index in [1.54, 1.807) is 12.1 Å². The summed E-state index contributed by atoms with van der Waals surface area (Å²) in [6.45, 7) is 7.38. The molecule has 22 heavy (non-hydrogen) atoms. The topological polar surface area (TPSA) is 73.6 Å². The average molecular weight is 327 g/mol. The van der Waals surface area contributed by atoms with Crippen LogP contribution in [0.5, 0.6) is 11.5 Å². The highest BCUT2D eigenvalue weighted by molar-refractivity contribution is 6.32. The normalized spacial score (nSPS) is 16.3. The van der Waals surface area contributed by atoms with Gasteiger partial charge in [-0.3, -0.25) is 4.79 Å². The maximum atomic E-state index is 12.3. The zero-order valence-corrected chi connectivity index (χ0v) is 14.0. The molecule has 0 fully saturated rings. The van der Waals surface area contributed by atoms with Crippen LogP contribution >= 0.6 is 11.6 Å². The van der Waals surface area contributed by atoms with Gasteiger partial charge in [-0.1, -0.05) is 25.4 Å². The molecule has 3 N–H and O–H groups in total.